The van der Waals surface area contributed by atoms with Gasteiger partial charge < -0.3 is 9.47 Å². The van der Waals surface area contributed by atoms with E-state index in [9.17, 15) is 9.59 Å². The molecule has 0 N–H and O–H groups in total. The van der Waals surface area contributed by atoms with Gasteiger partial charge in [-0.25, -0.2) is 4.79 Å². The molecule has 0 aromatic carbocycles. The van der Waals surface area contributed by atoms with E-state index < -0.39 is 0 Å². The maximum Gasteiger partial charge on any atom is 0.334 e. The second-order valence-corrected chi connectivity index (χ2v) is 6.23. The molecule has 3 aliphatic rings. The fourth-order valence-corrected chi connectivity index (χ4v) is 4.70. The van der Waals surface area contributed by atoms with Crippen molar-refractivity contribution in [2.75, 3.05) is 6.61 Å². The number of hydrogen-bond donors (Lipinski definition) is 0. The minimum atomic E-state index is -0.299. The maximum atomic E-state index is 12.2. The summed E-state index contributed by atoms with van der Waals surface area (Å²) in [5.74, 6) is 1.63. The van der Waals surface area contributed by atoms with Gasteiger partial charge in [-0.3, -0.25) is 4.79 Å². The third-order valence-corrected chi connectivity index (χ3v) is 5.20. The summed E-state index contributed by atoms with van der Waals surface area (Å²) in [6.07, 6.45) is 3.39. The molecule has 4 nitrogen and oxygen atoms in total. The fourth-order valence-electron chi connectivity index (χ4n) is 4.70. The van der Waals surface area contributed by atoms with Gasteiger partial charge in [-0.15, -0.1) is 0 Å². The van der Waals surface area contributed by atoms with Crippen molar-refractivity contribution in [1.82, 2.24) is 0 Å². The molecule has 3 rings (SSSR count). The zero-order valence-electron chi connectivity index (χ0n) is 12.3. The van der Waals surface area contributed by atoms with Crippen LogP contribution in [-0.4, -0.2) is 24.6 Å². The van der Waals surface area contributed by atoms with Gasteiger partial charge in [0.25, 0.3) is 0 Å². The first-order valence-electron chi connectivity index (χ1n) is 7.62. The number of carbonyl (C=O) groups excluding carboxylic acids is 2. The predicted molar refractivity (Wildman–Crippen MR) is 72.7 cm³/mol. The summed E-state index contributed by atoms with van der Waals surface area (Å²) >= 11 is 0. The molecule has 0 unspecified atom stereocenters. The van der Waals surface area contributed by atoms with E-state index in [1.807, 2.05) is 13.8 Å². The molecule has 2 bridgehead atoms. The van der Waals surface area contributed by atoms with Gasteiger partial charge >= 0.3 is 11.9 Å². The minimum Gasteiger partial charge on any atom is -0.463 e. The van der Waals surface area contributed by atoms with E-state index in [1.165, 1.54) is 26.2 Å². The van der Waals surface area contributed by atoms with E-state index >= 15 is 0 Å². The van der Waals surface area contributed by atoms with Crippen LogP contribution in [-0.2, 0) is 19.1 Å². The molecule has 0 aliphatic heterocycles. The third kappa shape index (κ3) is 1.88. The predicted octanol–water partition coefficient (Wildman–Crippen LogP) is 2.47. The van der Waals surface area contributed by atoms with Crippen LogP contribution in [0.2, 0.25) is 0 Å². The van der Waals surface area contributed by atoms with E-state index in [4.69, 9.17) is 9.47 Å². The van der Waals surface area contributed by atoms with Gasteiger partial charge in [-0.1, -0.05) is 0 Å². The lowest BCUT2D eigenvalue weighted by Crippen LogP contribution is -2.44. The van der Waals surface area contributed by atoms with Gasteiger partial charge in [0.2, 0.25) is 0 Å². The molecule has 2 fully saturated rings. The van der Waals surface area contributed by atoms with Crippen molar-refractivity contribution in [2.24, 2.45) is 23.7 Å². The van der Waals surface area contributed by atoms with E-state index in [0.717, 1.165) is 11.1 Å². The van der Waals surface area contributed by atoms with Gasteiger partial charge in [0.1, 0.15) is 6.10 Å². The summed E-state index contributed by atoms with van der Waals surface area (Å²) in [4.78, 5) is 23.4. The molecule has 20 heavy (non-hydrogen) atoms. The number of esters is 2. The monoisotopic (exact) mass is 278 g/mol. The number of fused-ring (bicyclic) bond motifs is 5. The number of rotatable bonds is 4. The molecular weight excluding hydrogens is 256 g/mol. The van der Waals surface area contributed by atoms with Crippen LogP contribution in [0.4, 0.5) is 0 Å². The Morgan fingerprint density at radius 3 is 2.50 bits per heavy atom. The van der Waals surface area contributed by atoms with Gasteiger partial charge in [0, 0.05) is 18.4 Å². The zero-order valence-corrected chi connectivity index (χ0v) is 12.3. The summed E-state index contributed by atoms with van der Waals surface area (Å²) < 4.78 is 10.5. The Balaban J connectivity index is 1.90. The summed E-state index contributed by atoms with van der Waals surface area (Å²) in [5, 5.41) is 0. The van der Waals surface area contributed by atoms with Crippen LogP contribution in [0, 0.1) is 23.7 Å². The Morgan fingerprint density at radius 1 is 1.25 bits per heavy atom. The van der Waals surface area contributed by atoms with Crippen LogP contribution in [0.25, 0.3) is 0 Å². The van der Waals surface area contributed by atoms with Crippen molar-refractivity contribution in [3.63, 3.8) is 0 Å². The number of ether oxygens (including phenoxy) is 2. The second-order valence-electron chi connectivity index (χ2n) is 6.23. The molecule has 0 aromatic rings. The molecule has 0 aromatic heterocycles. The lowest BCUT2D eigenvalue weighted by atomic mass is 9.60. The Hall–Kier alpha value is -1.32. The average molecular weight is 278 g/mol. The molecule has 110 valence electrons. The highest BCUT2D eigenvalue weighted by Crippen LogP contribution is 2.64. The van der Waals surface area contributed by atoms with E-state index in [0.29, 0.717) is 30.3 Å². The highest BCUT2D eigenvalue weighted by molar-refractivity contribution is 5.93. The van der Waals surface area contributed by atoms with Gasteiger partial charge in [0.05, 0.1) is 6.61 Å². The first-order valence-corrected chi connectivity index (χ1v) is 7.62. The van der Waals surface area contributed by atoms with Crippen molar-refractivity contribution >= 4 is 11.9 Å². The van der Waals surface area contributed by atoms with Crippen LogP contribution in [0.3, 0.4) is 0 Å². The molecule has 0 heterocycles. The molecule has 5 atom stereocenters. The van der Waals surface area contributed by atoms with E-state index in [-0.39, 0.29) is 18.0 Å². The van der Waals surface area contributed by atoms with Crippen LogP contribution in [0.15, 0.2) is 11.1 Å². The lowest BCUT2D eigenvalue weighted by Gasteiger charge is -2.45. The normalized spacial score (nSPS) is 35.4. The van der Waals surface area contributed by atoms with Gasteiger partial charge in [0.15, 0.2) is 0 Å². The van der Waals surface area contributed by atoms with Gasteiger partial charge in [-0.2, -0.15) is 0 Å². The zero-order chi connectivity index (χ0) is 14.4. The van der Waals surface area contributed by atoms with Crippen molar-refractivity contribution in [3.05, 3.63) is 11.1 Å². The molecule has 0 radical (unpaired) electrons. The van der Waals surface area contributed by atoms with Crippen molar-refractivity contribution in [3.8, 4) is 0 Å². The summed E-state index contributed by atoms with van der Waals surface area (Å²) in [7, 11) is 0. The van der Waals surface area contributed by atoms with Crippen LogP contribution < -0.4 is 0 Å². The van der Waals surface area contributed by atoms with Crippen molar-refractivity contribution in [1.29, 1.82) is 0 Å². The molecular formula is C16H22O4. The SMILES string of the molecule is CCOC(=O)C1=C([C@H](C)OC(C)=O)[C@@H]2[C@H]3CC[C@H](C3)[C@H]12. The number of carbonyl (C=O) groups is 2. The lowest BCUT2D eigenvalue weighted by molar-refractivity contribution is -0.146. The largest absolute Gasteiger partial charge is 0.463 e. The Kier molecular flexibility index (Phi) is 3.35. The first-order chi connectivity index (χ1) is 9.54. The van der Waals surface area contributed by atoms with E-state index in [2.05, 4.69) is 0 Å². The van der Waals surface area contributed by atoms with Gasteiger partial charge in [-0.05, 0) is 56.4 Å². The number of hydrogen-bond acceptors (Lipinski definition) is 4. The molecule has 0 amide bonds. The first kappa shape index (κ1) is 13.7. The van der Waals surface area contributed by atoms with Crippen LogP contribution in [0.5, 0.6) is 0 Å². The van der Waals surface area contributed by atoms with Crippen LogP contribution in [0.1, 0.15) is 40.0 Å². The quantitative estimate of drug-likeness (QED) is 0.741. The Morgan fingerprint density at radius 2 is 1.90 bits per heavy atom. The van der Waals surface area contributed by atoms with Crippen molar-refractivity contribution < 1.29 is 19.1 Å². The molecule has 0 saturated heterocycles. The molecule has 0 spiro atoms. The smallest absolute Gasteiger partial charge is 0.334 e. The highest BCUT2D eigenvalue weighted by atomic mass is 16.5. The summed E-state index contributed by atoms with van der Waals surface area (Å²) in [6.45, 7) is 5.50. The minimum absolute atomic E-state index is 0.199. The van der Waals surface area contributed by atoms with Crippen molar-refractivity contribution in [2.45, 2.75) is 46.1 Å². The highest BCUT2D eigenvalue weighted by Gasteiger charge is 2.60. The molecule has 4 heteroatoms. The maximum absolute atomic E-state index is 12.2. The Bertz CT molecular complexity index is 479. The van der Waals surface area contributed by atoms with Crippen LogP contribution >= 0.6 is 0 Å². The second kappa shape index (κ2) is 4.90. The third-order valence-electron chi connectivity index (χ3n) is 5.20. The summed E-state index contributed by atoms with van der Waals surface area (Å²) in [5.41, 5.74) is 1.86. The Labute approximate surface area is 119 Å². The van der Waals surface area contributed by atoms with E-state index in [1.54, 1.807) is 0 Å². The molecule has 3 aliphatic carbocycles. The fraction of sp³-hybridized carbons (Fsp3) is 0.750. The standard InChI is InChI=1S/C16H22O4/c1-4-19-16(18)15-12(8(2)20-9(3)17)13-10-5-6-11(7-10)14(13)15/h8,10-11,13-14H,4-7H2,1-3H3/t8-,10-,11+,13-,14-/m0/s1. The summed E-state index contributed by atoms with van der Waals surface area (Å²) in [6, 6.07) is 0. The average Bonchev–Trinajstić information content (AvgIpc) is 2.85. The topological polar surface area (TPSA) is 52.6 Å². The molecule has 2 saturated carbocycles.